The smallest absolute Gasteiger partial charge is 0.462 e. The van der Waals surface area contributed by atoms with Crippen molar-refractivity contribution in [2.75, 3.05) is 47.5 Å². The highest BCUT2D eigenvalue weighted by Gasteiger charge is 2.27. The molecule has 0 aliphatic heterocycles. The van der Waals surface area contributed by atoms with E-state index < -0.39 is 32.5 Å². The third kappa shape index (κ3) is 31.9. The van der Waals surface area contributed by atoms with Crippen molar-refractivity contribution < 1.29 is 42.1 Å². The molecule has 0 aromatic rings. The molecular weight excluding hydrogens is 605 g/mol. The number of likely N-dealkylation sites (N-methyl/N-ethyl adjacent to an activating group) is 1. The number of carbonyl (C=O) groups is 2. The zero-order valence-corrected chi connectivity index (χ0v) is 30.4. The van der Waals surface area contributed by atoms with Crippen LogP contribution >= 0.6 is 7.82 Å². The molecule has 9 nitrogen and oxygen atoms in total. The predicted molar refractivity (Wildman–Crippen MR) is 187 cm³/mol. The minimum Gasteiger partial charge on any atom is -0.462 e. The molecule has 1 N–H and O–H groups in total. The molecule has 0 spiro atoms. The molecule has 0 radical (unpaired) electrons. The lowest BCUT2D eigenvalue weighted by Gasteiger charge is -2.24. The second-order valence-electron chi connectivity index (χ2n) is 12.5. The van der Waals surface area contributed by atoms with Crippen molar-refractivity contribution >= 4 is 19.8 Å². The van der Waals surface area contributed by atoms with Crippen LogP contribution in [0.4, 0.5) is 0 Å². The fraction of sp³-hybridized carbons (Fsp3) is 0.722. The normalized spacial score (nSPS) is 14.5. The van der Waals surface area contributed by atoms with E-state index in [0.717, 1.165) is 77.0 Å². The molecule has 10 heteroatoms. The number of phosphoric ester groups is 1. The monoisotopic (exact) mass is 670 g/mol. The average Bonchev–Trinajstić information content (AvgIpc) is 2.99. The van der Waals surface area contributed by atoms with Gasteiger partial charge in [0.05, 0.1) is 27.7 Å². The number of phosphoric acid groups is 1. The Morgan fingerprint density at radius 3 is 1.85 bits per heavy atom. The molecule has 0 saturated heterocycles. The van der Waals surface area contributed by atoms with Gasteiger partial charge in [0.15, 0.2) is 6.10 Å². The highest BCUT2D eigenvalue weighted by molar-refractivity contribution is 7.47. The number of nitrogens with zero attached hydrogens (tertiary/aromatic N) is 1. The lowest BCUT2D eigenvalue weighted by molar-refractivity contribution is -0.870. The summed E-state index contributed by atoms with van der Waals surface area (Å²) >= 11 is 0. The van der Waals surface area contributed by atoms with Gasteiger partial charge in [0.2, 0.25) is 0 Å². The van der Waals surface area contributed by atoms with Crippen LogP contribution in [0.1, 0.15) is 117 Å². The summed E-state index contributed by atoms with van der Waals surface area (Å²) < 4.78 is 33.7. The molecule has 266 valence electrons. The summed E-state index contributed by atoms with van der Waals surface area (Å²) in [5, 5.41) is 0. The van der Waals surface area contributed by atoms with Crippen LogP contribution in [0.15, 0.2) is 48.6 Å². The van der Waals surface area contributed by atoms with E-state index in [0.29, 0.717) is 23.9 Å². The third-order valence-electron chi connectivity index (χ3n) is 6.87. The van der Waals surface area contributed by atoms with Gasteiger partial charge < -0.3 is 18.9 Å². The predicted octanol–water partition coefficient (Wildman–Crippen LogP) is 8.79. The number of ether oxygens (including phenoxy) is 2. The summed E-state index contributed by atoms with van der Waals surface area (Å²) in [7, 11) is 1.45. The van der Waals surface area contributed by atoms with Crippen LogP contribution in [-0.2, 0) is 32.7 Å². The number of esters is 2. The van der Waals surface area contributed by atoms with Gasteiger partial charge in [-0.1, -0.05) is 101 Å². The number of hydrogen-bond donors (Lipinski definition) is 1. The maximum absolute atomic E-state index is 12.5. The van der Waals surface area contributed by atoms with Crippen LogP contribution in [-0.4, -0.2) is 74.9 Å². The average molecular weight is 671 g/mol. The van der Waals surface area contributed by atoms with Crippen molar-refractivity contribution in [2.24, 2.45) is 0 Å². The van der Waals surface area contributed by atoms with Crippen molar-refractivity contribution in [3.63, 3.8) is 0 Å². The number of hydrogen-bond acceptors (Lipinski definition) is 7. The molecule has 0 aliphatic rings. The van der Waals surface area contributed by atoms with E-state index in [4.69, 9.17) is 18.5 Å². The molecule has 0 aromatic heterocycles. The van der Waals surface area contributed by atoms with Crippen molar-refractivity contribution in [1.82, 2.24) is 0 Å². The molecule has 0 bridgehead atoms. The summed E-state index contributed by atoms with van der Waals surface area (Å²) in [6, 6.07) is 0. The Kier molecular flexibility index (Phi) is 27.8. The Hall–Kier alpha value is -2.03. The van der Waals surface area contributed by atoms with Gasteiger partial charge in [-0.05, 0) is 51.4 Å². The summed E-state index contributed by atoms with van der Waals surface area (Å²) in [6.07, 6.45) is 31.0. The van der Waals surface area contributed by atoms with Gasteiger partial charge in [-0.2, -0.15) is 0 Å². The highest BCUT2D eigenvalue weighted by Crippen LogP contribution is 2.43. The molecule has 0 amide bonds. The number of rotatable bonds is 30. The van der Waals surface area contributed by atoms with Crippen molar-refractivity contribution in [3.05, 3.63) is 48.6 Å². The maximum Gasteiger partial charge on any atom is 0.472 e. The topological polar surface area (TPSA) is 108 Å². The Balaban J connectivity index is 4.27. The van der Waals surface area contributed by atoms with Crippen LogP contribution < -0.4 is 0 Å². The molecule has 0 heterocycles. The van der Waals surface area contributed by atoms with Gasteiger partial charge in [-0.25, -0.2) is 4.57 Å². The molecule has 0 fully saturated rings. The summed E-state index contributed by atoms with van der Waals surface area (Å²) in [5.41, 5.74) is 0. The summed E-state index contributed by atoms with van der Waals surface area (Å²) in [4.78, 5) is 34.6. The first kappa shape index (κ1) is 44.0. The SMILES string of the molecule is CC/C=C\C/C=C\C/C=C\C/C=C\CCCCCCCCC(=O)OC(COC(=O)CCCCC)COP(=O)(O)OCC[N+](C)(C)C. The zero-order valence-electron chi connectivity index (χ0n) is 29.5. The van der Waals surface area contributed by atoms with Crippen molar-refractivity contribution in [3.8, 4) is 0 Å². The first-order chi connectivity index (χ1) is 22.0. The minimum absolute atomic E-state index is 0.0264. The molecular formula is C36H65NO8P+. The van der Waals surface area contributed by atoms with Crippen LogP contribution in [0.5, 0.6) is 0 Å². The van der Waals surface area contributed by atoms with Gasteiger partial charge in [-0.15, -0.1) is 0 Å². The van der Waals surface area contributed by atoms with E-state index in [9.17, 15) is 19.0 Å². The number of allylic oxidation sites excluding steroid dienone is 8. The lowest BCUT2D eigenvalue weighted by atomic mass is 10.1. The standard InChI is InChI=1S/C36H64NO8P/c1-6-8-10-11-12-13-14-15-16-17-18-19-20-21-22-23-24-25-27-29-36(39)45-34(32-42-35(38)28-26-9-7-2)33-44-46(40,41)43-31-30-37(3,4)5/h8,10,12-13,15-16,18-19,34H,6-7,9,11,14,17,20-33H2,1-5H3/p+1/b10-8-,13-12-,16-15-,19-18-. The Bertz CT molecular complexity index is 939. The summed E-state index contributed by atoms with van der Waals surface area (Å²) in [6.45, 7) is 4.07. The van der Waals surface area contributed by atoms with Crippen molar-refractivity contribution in [1.29, 1.82) is 0 Å². The lowest BCUT2D eigenvalue weighted by Crippen LogP contribution is -2.37. The number of quaternary nitrogens is 1. The third-order valence-corrected chi connectivity index (χ3v) is 7.86. The van der Waals surface area contributed by atoms with Crippen LogP contribution in [0.2, 0.25) is 0 Å². The molecule has 0 aromatic carbocycles. The molecule has 0 saturated carbocycles. The Morgan fingerprint density at radius 1 is 0.696 bits per heavy atom. The van der Waals surface area contributed by atoms with Gasteiger partial charge in [0.25, 0.3) is 0 Å². The van der Waals surface area contributed by atoms with E-state index in [1.807, 2.05) is 28.1 Å². The zero-order chi connectivity index (χ0) is 34.4. The number of unbranched alkanes of at least 4 members (excludes halogenated alkanes) is 8. The maximum atomic E-state index is 12.5. The van der Waals surface area contributed by atoms with Gasteiger partial charge >= 0.3 is 19.8 Å². The second-order valence-corrected chi connectivity index (χ2v) is 14.0. The first-order valence-corrected chi connectivity index (χ1v) is 18.9. The fourth-order valence-corrected chi connectivity index (χ4v) is 4.86. The largest absolute Gasteiger partial charge is 0.472 e. The van der Waals surface area contributed by atoms with E-state index in [2.05, 4.69) is 55.5 Å². The van der Waals surface area contributed by atoms with E-state index in [1.165, 1.54) is 0 Å². The minimum atomic E-state index is -4.36. The van der Waals surface area contributed by atoms with E-state index >= 15 is 0 Å². The molecule has 46 heavy (non-hydrogen) atoms. The molecule has 2 unspecified atom stereocenters. The van der Waals surface area contributed by atoms with Crippen LogP contribution in [0, 0.1) is 0 Å². The molecule has 2 atom stereocenters. The van der Waals surface area contributed by atoms with Crippen LogP contribution in [0.25, 0.3) is 0 Å². The van der Waals surface area contributed by atoms with E-state index in [1.54, 1.807) is 0 Å². The van der Waals surface area contributed by atoms with Crippen molar-refractivity contribution in [2.45, 2.75) is 123 Å². The first-order valence-electron chi connectivity index (χ1n) is 17.4. The Labute approximate surface area is 280 Å². The molecule has 0 aliphatic carbocycles. The molecule has 0 rings (SSSR count). The Morgan fingerprint density at radius 2 is 1.24 bits per heavy atom. The van der Waals surface area contributed by atoms with E-state index in [-0.39, 0.29) is 26.1 Å². The van der Waals surface area contributed by atoms with Gasteiger partial charge in [-0.3, -0.25) is 18.6 Å². The highest BCUT2D eigenvalue weighted by atomic mass is 31.2. The number of carbonyl (C=O) groups excluding carboxylic acids is 2. The van der Waals surface area contributed by atoms with Crippen LogP contribution in [0.3, 0.4) is 0 Å². The second kappa shape index (κ2) is 29.1. The van der Waals surface area contributed by atoms with Gasteiger partial charge in [0, 0.05) is 12.8 Å². The fourth-order valence-electron chi connectivity index (χ4n) is 4.12. The quantitative estimate of drug-likeness (QED) is 0.0266. The van der Waals surface area contributed by atoms with Gasteiger partial charge in [0.1, 0.15) is 19.8 Å². The summed E-state index contributed by atoms with van der Waals surface area (Å²) in [5.74, 6) is -0.850.